The molecule has 0 spiro atoms. The lowest BCUT2D eigenvalue weighted by molar-refractivity contribution is 0.102. The molecule has 0 atom stereocenters. The number of carbonyl (C=O) groups is 1. The summed E-state index contributed by atoms with van der Waals surface area (Å²) in [5.74, 6) is 0.397. The van der Waals surface area contributed by atoms with Gasteiger partial charge in [0.2, 0.25) is 0 Å². The zero-order valence-electron chi connectivity index (χ0n) is 14.7. The molecule has 1 saturated heterocycles. The second kappa shape index (κ2) is 10.4. The topological polar surface area (TPSA) is 83.5 Å². The molecular weight excluding hydrogens is 375 g/mol. The molecule has 0 saturated carbocycles. The third-order valence-electron chi connectivity index (χ3n) is 4.37. The van der Waals surface area contributed by atoms with Gasteiger partial charge in [-0.25, -0.2) is 0 Å². The summed E-state index contributed by atoms with van der Waals surface area (Å²) in [7, 11) is 2.14. The number of halogens is 2. The van der Waals surface area contributed by atoms with Gasteiger partial charge in [0.1, 0.15) is 12.0 Å². The van der Waals surface area contributed by atoms with Gasteiger partial charge in [-0.05, 0) is 51.2 Å². The molecule has 0 unspecified atom stereocenters. The van der Waals surface area contributed by atoms with Crippen molar-refractivity contribution in [3.8, 4) is 0 Å². The van der Waals surface area contributed by atoms with E-state index in [1.807, 2.05) is 24.3 Å². The lowest BCUT2D eigenvalue weighted by Crippen LogP contribution is -2.36. The maximum absolute atomic E-state index is 12.4. The zero-order valence-corrected chi connectivity index (χ0v) is 16.4. The van der Waals surface area contributed by atoms with Gasteiger partial charge in [-0.15, -0.1) is 24.8 Å². The van der Waals surface area contributed by atoms with E-state index in [0.29, 0.717) is 17.4 Å². The smallest absolute Gasteiger partial charge is 0.258 e. The van der Waals surface area contributed by atoms with Gasteiger partial charge in [0.15, 0.2) is 0 Å². The van der Waals surface area contributed by atoms with Crippen molar-refractivity contribution >= 4 is 42.1 Å². The van der Waals surface area contributed by atoms with Crippen molar-refractivity contribution in [3.05, 3.63) is 47.9 Å². The Morgan fingerprint density at radius 2 is 1.88 bits per heavy atom. The fourth-order valence-corrected chi connectivity index (χ4v) is 2.89. The summed E-state index contributed by atoms with van der Waals surface area (Å²) >= 11 is 0. The van der Waals surface area contributed by atoms with Crippen LogP contribution in [0.15, 0.2) is 41.0 Å². The van der Waals surface area contributed by atoms with E-state index in [-0.39, 0.29) is 37.3 Å². The number of furan rings is 1. The Morgan fingerprint density at radius 3 is 2.50 bits per heavy atom. The molecule has 8 heteroatoms. The quantitative estimate of drug-likeness (QED) is 0.716. The molecule has 1 amide bonds. The standard InChI is InChI=1S/C18H24N4O2.2ClH/c1-22-8-6-14(7-9-22)20-16-4-2-3-5-17(16)21-18(23)13-10-15(11-19)24-12-13;;/h2-5,10,12,14,20H,6-9,11,19H2,1H3,(H,21,23);2*1H. The number of para-hydroxylation sites is 2. The number of likely N-dealkylation sites (tertiary alicyclic amines) is 1. The van der Waals surface area contributed by atoms with Crippen molar-refractivity contribution in [3.63, 3.8) is 0 Å². The summed E-state index contributed by atoms with van der Waals surface area (Å²) in [6.07, 6.45) is 3.63. The minimum Gasteiger partial charge on any atom is -0.467 e. The van der Waals surface area contributed by atoms with Gasteiger partial charge in [0.25, 0.3) is 5.91 Å². The van der Waals surface area contributed by atoms with E-state index in [1.165, 1.54) is 6.26 Å². The molecule has 0 aliphatic carbocycles. The van der Waals surface area contributed by atoms with E-state index < -0.39 is 0 Å². The van der Waals surface area contributed by atoms with Crippen LogP contribution in [0.5, 0.6) is 0 Å². The molecule has 1 fully saturated rings. The average Bonchev–Trinajstić information content (AvgIpc) is 3.08. The average molecular weight is 401 g/mol. The normalized spacial score (nSPS) is 14.8. The lowest BCUT2D eigenvalue weighted by atomic mass is 10.0. The highest BCUT2D eigenvalue weighted by Gasteiger charge is 2.18. The van der Waals surface area contributed by atoms with Crippen LogP contribution in [0.25, 0.3) is 0 Å². The van der Waals surface area contributed by atoms with E-state index in [2.05, 4.69) is 22.6 Å². The zero-order chi connectivity index (χ0) is 16.9. The number of carbonyl (C=O) groups excluding carboxylic acids is 1. The van der Waals surface area contributed by atoms with Crippen LogP contribution in [0.1, 0.15) is 29.0 Å². The summed E-state index contributed by atoms with van der Waals surface area (Å²) in [5, 5.41) is 6.51. The first-order valence-corrected chi connectivity index (χ1v) is 8.28. The first kappa shape index (κ1) is 22.3. The molecule has 6 nitrogen and oxygen atoms in total. The van der Waals surface area contributed by atoms with E-state index in [9.17, 15) is 4.79 Å². The van der Waals surface area contributed by atoms with Crippen molar-refractivity contribution < 1.29 is 9.21 Å². The number of anilines is 2. The summed E-state index contributed by atoms with van der Waals surface area (Å²) in [5.41, 5.74) is 7.71. The molecule has 144 valence electrons. The number of rotatable bonds is 5. The van der Waals surface area contributed by atoms with Crippen LogP contribution in [0.2, 0.25) is 0 Å². The Bertz CT molecular complexity index is 700. The maximum Gasteiger partial charge on any atom is 0.258 e. The third kappa shape index (κ3) is 5.64. The maximum atomic E-state index is 12.4. The van der Waals surface area contributed by atoms with Gasteiger partial charge in [-0.3, -0.25) is 4.79 Å². The van der Waals surface area contributed by atoms with Gasteiger partial charge >= 0.3 is 0 Å². The number of nitrogens with two attached hydrogens (primary N) is 1. The van der Waals surface area contributed by atoms with Crippen LogP contribution >= 0.6 is 24.8 Å². The second-order valence-corrected chi connectivity index (χ2v) is 6.23. The molecule has 1 aromatic heterocycles. The fourth-order valence-electron chi connectivity index (χ4n) is 2.89. The van der Waals surface area contributed by atoms with Crippen molar-refractivity contribution in [2.24, 2.45) is 5.73 Å². The minimum atomic E-state index is -0.198. The van der Waals surface area contributed by atoms with Gasteiger partial charge in [-0.2, -0.15) is 0 Å². The number of amides is 1. The number of piperidine rings is 1. The van der Waals surface area contributed by atoms with E-state index in [4.69, 9.17) is 10.2 Å². The van der Waals surface area contributed by atoms with Crippen LogP contribution in [0, 0.1) is 0 Å². The van der Waals surface area contributed by atoms with Crippen LogP contribution < -0.4 is 16.4 Å². The number of nitrogens with zero attached hydrogens (tertiary/aromatic N) is 1. The predicted octanol–water partition coefficient (Wildman–Crippen LogP) is 3.34. The summed E-state index contributed by atoms with van der Waals surface area (Å²) in [6.45, 7) is 2.45. The highest BCUT2D eigenvalue weighted by atomic mass is 35.5. The Labute approximate surface area is 166 Å². The van der Waals surface area contributed by atoms with Gasteiger partial charge in [0.05, 0.1) is 23.5 Å². The molecule has 1 aliphatic heterocycles. The first-order chi connectivity index (χ1) is 11.7. The molecule has 4 N–H and O–H groups in total. The molecule has 1 aliphatic rings. The summed E-state index contributed by atoms with van der Waals surface area (Å²) < 4.78 is 5.23. The van der Waals surface area contributed by atoms with Crippen molar-refractivity contribution in [2.75, 3.05) is 30.8 Å². The van der Waals surface area contributed by atoms with E-state index in [0.717, 1.165) is 37.3 Å². The largest absolute Gasteiger partial charge is 0.467 e. The van der Waals surface area contributed by atoms with Crippen molar-refractivity contribution in [1.29, 1.82) is 0 Å². The number of nitrogens with one attached hydrogen (secondary N) is 2. The molecule has 26 heavy (non-hydrogen) atoms. The van der Waals surface area contributed by atoms with Gasteiger partial charge in [0, 0.05) is 6.04 Å². The lowest BCUT2D eigenvalue weighted by Gasteiger charge is -2.30. The molecule has 0 bridgehead atoms. The Kier molecular flexibility index (Phi) is 8.95. The van der Waals surface area contributed by atoms with E-state index >= 15 is 0 Å². The number of hydrogen-bond donors (Lipinski definition) is 3. The van der Waals surface area contributed by atoms with Crippen LogP contribution in [-0.2, 0) is 6.54 Å². The highest BCUT2D eigenvalue weighted by molar-refractivity contribution is 6.05. The molecule has 1 aromatic carbocycles. The fraction of sp³-hybridized carbons (Fsp3) is 0.389. The third-order valence-corrected chi connectivity index (χ3v) is 4.37. The number of hydrogen-bond acceptors (Lipinski definition) is 5. The molecule has 2 heterocycles. The molecular formula is C18H26Cl2N4O2. The monoisotopic (exact) mass is 400 g/mol. The van der Waals surface area contributed by atoms with Gasteiger partial charge < -0.3 is 25.7 Å². The predicted molar refractivity (Wildman–Crippen MR) is 110 cm³/mol. The van der Waals surface area contributed by atoms with Crippen LogP contribution in [0.4, 0.5) is 11.4 Å². The highest BCUT2D eigenvalue weighted by Crippen LogP contribution is 2.25. The van der Waals surface area contributed by atoms with Crippen molar-refractivity contribution in [1.82, 2.24) is 4.90 Å². The Morgan fingerprint density at radius 1 is 1.23 bits per heavy atom. The van der Waals surface area contributed by atoms with Gasteiger partial charge in [-0.1, -0.05) is 12.1 Å². The van der Waals surface area contributed by atoms with Crippen molar-refractivity contribution in [2.45, 2.75) is 25.4 Å². The first-order valence-electron chi connectivity index (χ1n) is 8.28. The molecule has 2 aromatic rings. The van der Waals surface area contributed by atoms with Crippen LogP contribution in [-0.4, -0.2) is 37.0 Å². The minimum absolute atomic E-state index is 0. The second-order valence-electron chi connectivity index (χ2n) is 6.23. The summed E-state index contributed by atoms with van der Waals surface area (Å²) in [4.78, 5) is 14.7. The Hall–Kier alpha value is -1.73. The molecule has 3 rings (SSSR count). The Balaban J connectivity index is 0.00000169. The number of benzene rings is 1. The SMILES string of the molecule is CN1CCC(Nc2ccccc2NC(=O)c2coc(CN)c2)CC1.Cl.Cl. The van der Waals surface area contributed by atoms with Crippen LogP contribution in [0.3, 0.4) is 0 Å². The molecule has 0 radical (unpaired) electrons. The summed E-state index contributed by atoms with van der Waals surface area (Å²) in [6, 6.07) is 9.88. The van der Waals surface area contributed by atoms with E-state index in [1.54, 1.807) is 6.07 Å².